The standard InChI is InChI=1S/C32H38O6/c1-3-5-7-23-35-29-17-11-27(12-18-29)15-21-31(33)37-25-9-10-26-38-32(34)22-16-28-13-19-30(20-14-28)36-24-8-6-4-2/h3-4,11-22H,1-2,5-10,23-26H2/b21-15+,22-16+. The molecule has 0 unspecified atom stereocenters. The lowest BCUT2D eigenvalue weighted by atomic mass is 10.2. The van der Waals surface area contributed by atoms with Crippen molar-refractivity contribution in [2.75, 3.05) is 26.4 Å². The predicted octanol–water partition coefficient (Wildman–Crippen LogP) is 6.97. The van der Waals surface area contributed by atoms with Crippen LogP contribution >= 0.6 is 0 Å². The zero-order valence-electron chi connectivity index (χ0n) is 22.0. The summed E-state index contributed by atoms with van der Waals surface area (Å²) in [6.07, 6.45) is 14.8. The Morgan fingerprint density at radius 1 is 0.579 bits per heavy atom. The van der Waals surface area contributed by atoms with Gasteiger partial charge >= 0.3 is 11.9 Å². The van der Waals surface area contributed by atoms with Gasteiger partial charge in [-0.25, -0.2) is 9.59 Å². The zero-order valence-corrected chi connectivity index (χ0v) is 22.0. The highest BCUT2D eigenvalue weighted by molar-refractivity contribution is 5.87. The second-order valence-electron chi connectivity index (χ2n) is 8.41. The molecule has 0 amide bonds. The van der Waals surface area contributed by atoms with Gasteiger partial charge in [-0.15, -0.1) is 13.2 Å². The molecule has 38 heavy (non-hydrogen) atoms. The molecule has 2 aromatic carbocycles. The molecule has 6 heteroatoms. The van der Waals surface area contributed by atoms with Gasteiger partial charge in [0.15, 0.2) is 0 Å². The van der Waals surface area contributed by atoms with Crippen molar-refractivity contribution >= 4 is 24.1 Å². The highest BCUT2D eigenvalue weighted by Crippen LogP contribution is 2.15. The van der Waals surface area contributed by atoms with E-state index in [0.717, 1.165) is 48.3 Å². The summed E-state index contributed by atoms with van der Waals surface area (Å²) >= 11 is 0. The monoisotopic (exact) mass is 518 g/mol. The molecular weight excluding hydrogens is 480 g/mol. The first-order chi connectivity index (χ1) is 18.6. The number of carbonyl (C=O) groups is 2. The molecule has 0 N–H and O–H groups in total. The lowest BCUT2D eigenvalue weighted by Crippen LogP contribution is -2.06. The lowest BCUT2D eigenvalue weighted by molar-refractivity contribution is -0.140. The van der Waals surface area contributed by atoms with Crippen LogP contribution in [0.1, 0.15) is 49.7 Å². The van der Waals surface area contributed by atoms with E-state index in [4.69, 9.17) is 18.9 Å². The average Bonchev–Trinajstić information content (AvgIpc) is 2.94. The van der Waals surface area contributed by atoms with Gasteiger partial charge in [0.05, 0.1) is 26.4 Å². The Hall–Kier alpha value is -4.06. The smallest absolute Gasteiger partial charge is 0.330 e. The number of esters is 2. The van der Waals surface area contributed by atoms with Crippen molar-refractivity contribution in [2.24, 2.45) is 0 Å². The number of hydrogen-bond donors (Lipinski definition) is 0. The maximum absolute atomic E-state index is 11.9. The zero-order chi connectivity index (χ0) is 27.3. The summed E-state index contributed by atoms with van der Waals surface area (Å²) in [4.78, 5) is 23.8. The topological polar surface area (TPSA) is 71.1 Å². The van der Waals surface area contributed by atoms with Crippen molar-refractivity contribution in [3.8, 4) is 11.5 Å². The molecule has 0 aliphatic carbocycles. The number of rotatable bonds is 19. The van der Waals surface area contributed by atoms with Crippen LogP contribution in [-0.2, 0) is 19.1 Å². The fraction of sp³-hybridized carbons (Fsp3) is 0.312. The van der Waals surface area contributed by atoms with Gasteiger partial charge in [-0.1, -0.05) is 36.4 Å². The minimum Gasteiger partial charge on any atom is -0.494 e. The maximum Gasteiger partial charge on any atom is 0.330 e. The summed E-state index contributed by atoms with van der Waals surface area (Å²) in [5.41, 5.74) is 1.76. The molecule has 2 rings (SSSR count). The Labute approximate surface area is 226 Å². The van der Waals surface area contributed by atoms with Crippen molar-refractivity contribution in [3.63, 3.8) is 0 Å². The molecule has 0 radical (unpaired) electrons. The van der Waals surface area contributed by atoms with Gasteiger partial charge in [-0.2, -0.15) is 0 Å². The van der Waals surface area contributed by atoms with Crippen LogP contribution in [0, 0.1) is 0 Å². The number of carbonyl (C=O) groups excluding carboxylic acids is 2. The minimum absolute atomic E-state index is 0.260. The van der Waals surface area contributed by atoms with E-state index in [1.54, 1.807) is 12.2 Å². The second-order valence-corrected chi connectivity index (χ2v) is 8.41. The molecule has 0 saturated heterocycles. The van der Waals surface area contributed by atoms with Crippen LogP contribution in [0.3, 0.4) is 0 Å². The molecule has 0 fully saturated rings. The molecule has 0 spiro atoms. The molecule has 0 bridgehead atoms. The Kier molecular flexibility index (Phi) is 15.2. The maximum atomic E-state index is 11.9. The molecule has 6 nitrogen and oxygen atoms in total. The normalized spacial score (nSPS) is 10.8. The molecule has 0 aliphatic heterocycles. The third-order valence-corrected chi connectivity index (χ3v) is 5.25. The van der Waals surface area contributed by atoms with Crippen molar-refractivity contribution in [1.82, 2.24) is 0 Å². The number of hydrogen-bond acceptors (Lipinski definition) is 6. The molecule has 0 heterocycles. The Morgan fingerprint density at radius 2 is 0.974 bits per heavy atom. The SMILES string of the molecule is C=CCCCOc1ccc(/C=C/C(=O)OCCCCOC(=O)/C=C/c2ccc(OCCCC=C)cc2)cc1. The summed E-state index contributed by atoms with van der Waals surface area (Å²) in [5, 5.41) is 0. The van der Waals surface area contributed by atoms with E-state index >= 15 is 0 Å². The second kappa shape index (κ2) is 19.1. The van der Waals surface area contributed by atoms with Crippen LogP contribution in [0.25, 0.3) is 12.2 Å². The summed E-state index contributed by atoms with van der Waals surface area (Å²) < 4.78 is 21.7. The van der Waals surface area contributed by atoms with Gasteiger partial charge in [0.2, 0.25) is 0 Å². The van der Waals surface area contributed by atoms with Gasteiger partial charge in [-0.3, -0.25) is 0 Å². The number of unbranched alkanes of at least 4 members (excludes halogenated alkanes) is 3. The van der Waals surface area contributed by atoms with Gasteiger partial charge in [0, 0.05) is 12.2 Å². The van der Waals surface area contributed by atoms with E-state index in [0.29, 0.717) is 26.1 Å². The molecular formula is C32H38O6. The van der Waals surface area contributed by atoms with Gasteiger partial charge < -0.3 is 18.9 Å². The molecule has 0 saturated carbocycles. The van der Waals surface area contributed by atoms with Crippen LogP contribution in [0.5, 0.6) is 11.5 Å². The summed E-state index contributed by atoms with van der Waals surface area (Å²) in [7, 11) is 0. The Bertz CT molecular complexity index is 949. The summed E-state index contributed by atoms with van der Waals surface area (Å²) in [6.45, 7) is 9.19. The van der Waals surface area contributed by atoms with Crippen LogP contribution in [-0.4, -0.2) is 38.4 Å². The Balaban J connectivity index is 1.55. The van der Waals surface area contributed by atoms with Crippen LogP contribution < -0.4 is 9.47 Å². The third kappa shape index (κ3) is 13.9. The lowest BCUT2D eigenvalue weighted by Gasteiger charge is -2.05. The quantitative estimate of drug-likeness (QED) is 0.0866. The fourth-order valence-electron chi connectivity index (χ4n) is 3.16. The first kappa shape index (κ1) is 30.2. The first-order valence-corrected chi connectivity index (χ1v) is 13.0. The van der Waals surface area contributed by atoms with Crippen LogP contribution in [0.15, 0.2) is 86.0 Å². The van der Waals surface area contributed by atoms with Gasteiger partial charge in [0.25, 0.3) is 0 Å². The van der Waals surface area contributed by atoms with Crippen molar-refractivity contribution < 1.29 is 28.5 Å². The molecule has 0 aromatic heterocycles. The minimum atomic E-state index is -0.414. The third-order valence-electron chi connectivity index (χ3n) is 5.25. The summed E-state index contributed by atoms with van der Waals surface area (Å²) in [5.74, 6) is 0.755. The molecule has 2 aromatic rings. The van der Waals surface area contributed by atoms with Gasteiger partial charge in [0.1, 0.15) is 11.5 Å². The largest absolute Gasteiger partial charge is 0.494 e. The fourth-order valence-corrected chi connectivity index (χ4v) is 3.16. The van der Waals surface area contributed by atoms with Crippen molar-refractivity contribution in [1.29, 1.82) is 0 Å². The number of ether oxygens (including phenoxy) is 4. The molecule has 0 aliphatic rings. The highest BCUT2D eigenvalue weighted by atomic mass is 16.5. The highest BCUT2D eigenvalue weighted by Gasteiger charge is 2.01. The molecule has 0 atom stereocenters. The first-order valence-electron chi connectivity index (χ1n) is 13.0. The molecule has 202 valence electrons. The average molecular weight is 519 g/mol. The summed E-state index contributed by atoms with van der Waals surface area (Å²) in [6, 6.07) is 15.0. The van der Waals surface area contributed by atoms with Crippen molar-refractivity contribution in [2.45, 2.75) is 38.5 Å². The van der Waals surface area contributed by atoms with Crippen LogP contribution in [0.2, 0.25) is 0 Å². The Morgan fingerprint density at radius 3 is 1.34 bits per heavy atom. The number of benzene rings is 2. The van der Waals surface area contributed by atoms with Crippen LogP contribution in [0.4, 0.5) is 0 Å². The predicted molar refractivity (Wildman–Crippen MR) is 152 cm³/mol. The number of allylic oxidation sites excluding steroid dienone is 2. The van der Waals surface area contributed by atoms with E-state index in [2.05, 4.69) is 13.2 Å². The van der Waals surface area contributed by atoms with Crippen molar-refractivity contribution in [3.05, 3.63) is 97.1 Å². The van der Waals surface area contributed by atoms with E-state index in [9.17, 15) is 9.59 Å². The van der Waals surface area contributed by atoms with Gasteiger partial charge in [-0.05, 0) is 86.1 Å². The van der Waals surface area contributed by atoms with E-state index in [1.165, 1.54) is 12.2 Å². The van der Waals surface area contributed by atoms with E-state index < -0.39 is 11.9 Å². The van der Waals surface area contributed by atoms with E-state index in [1.807, 2.05) is 60.7 Å². The van der Waals surface area contributed by atoms with E-state index in [-0.39, 0.29) is 13.2 Å².